The van der Waals surface area contributed by atoms with Crippen LogP contribution >= 0.6 is 0 Å². The first-order valence-electron chi connectivity index (χ1n) is 6.31. The first kappa shape index (κ1) is 10.4. The third-order valence-electron chi connectivity index (χ3n) is 4.16. The summed E-state index contributed by atoms with van der Waals surface area (Å²) in [5, 5.41) is 0. The summed E-state index contributed by atoms with van der Waals surface area (Å²) in [6.45, 7) is 4.92. The van der Waals surface area contributed by atoms with Gasteiger partial charge >= 0.3 is 0 Å². The van der Waals surface area contributed by atoms with Crippen molar-refractivity contribution in [3.8, 4) is 0 Å². The largest absolute Gasteiger partial charge is 0.326 e. The number of hydrogen-bond donors (Lipinski definition) is 1. The van der Waals surface area contributed by atoms with Crippen LogP contribution in [0.25, 0.3) is 0 Å². The van der Waals surface area contributed by atoms with Gasteiger partial charge in [-0.05, 0) is 51.1 Å². The first-order chi connectivity index (χ1) is 6.81. The highest BCUT2D eigenvalue weighted by molar-refractivity contribution is 4.90. The molecule has 3 atom stereocenters. The second-order valence-electron chi connectivity index (χ2n) is 5.06. The minimum atomic E-state index is 0.455. The third kappa shape index (κ3) is 2.12. The zero-order valence-corrected chi connectivity index (χ0v) is 9.41. The Bertz CT molecular complexity index is 175. The van der Waals surface area contributed by atoms with E-state index in [9.17, 15) is 0 Å². The summed E-state index contributed by atoms with van der Waals surface area (Å²) < 4.78 is 0. The molecular formula is C12H24N2. The van der Waals surface area contributed by atoms with Crippen LogP contribution in [0.4, 0.5) is 0 Å². The molecule has 1 heterocycles. The van der Waals surface area contributed by atoms with Crippen LogP contribution in [0.2, 0.25) is 0 Å². The lowest BCUT2D eigenvalue weighted by Crippen LogP contribution is -2.50. The van der Waals surface area contributed by atoms with Crippen LogP contribution in [-0.2, 0) is 0 Å². The summed E-state index contributed by atoms with van der Waals surface area (Å²) in [6, 6.07) is 1.16. The van der Waals surface area contributed by atoms with Crippen LogP contribution < -0.4 is 5.73 Å². The van der Waals surface area contributed by atoms with Gasteiger partial charge in [0.25, 0.3) is 0 Å². The Kier molecular flexibility index (Phi) is 3.45. The highest BCUT2D eigenvalue weighted by Gasteiger charge is 2.32. The van der Waals surface area contributed by atoms with E-state index in [0.29, 0.717) is 12.1 Å². The van der Waals surface area contributed by atoms with E-state index < -0.39 is 0 Å². The Morgan fingerprint density at radius 1 is 1.21 bits per heavy atom. The van der Waals surface area contributed by atoms with Crippen molar-refractivity contribution in [2.45, 2.75) is 57.5 Å². The van der Waals surface area contributed by atoms with Gasteiger partial charge < -0.3 is 5.73 Å². The molecule has 0 aromatic rings. The van der Waals surface area contributed by atoms with Crippen molar-refractivity contribution in [2.24, 2.45) is 11.7 Å². The highest BCUT2D eigenvalue weighted by atomic mass is 15.2. The van der Waals surface area contributed by atoms with Gasteiger partial charge in [-0.3, -0.25) is 4.90 Å². The van der Waals surface area contributed by atoms with Gasteiger partial charge in [0.1, 0.15) is 0 Å². The van der Waals surface area contributed by atoms with Gasteiger partial charge in [0.05, 0.1) is 0 Å². The average Bonchev–Trinajstić information content (AvgIpc) is 2.71. The van der Waals surface area contributed by atoms with Crippen LogP contribution in [0, 0.1) is 5.92 Å². The summed E-state index contributed by atoms with van der Waals surface area (Å²) >= 11 is 0. The smallest absolute Gasteiger partial charge is 0.0249 e. The molecule has 14 heavy (non-hydrogen) atoms. The van der Waals surface area contributed by atoms with E-state index in [4.69, 9.17) is 5.73 Å². The Morgan fingerprint density at radius 2 is 1.93 bits per heavy atom. The summed E-state index contributed by atoms with van der Waals surface area (Å²) in [4.78, 5) is 2.65. The Labute approximate surface area is 87.8 Å². The van der Waals surface area contributed by atoms with Gasteiger partial charge in [0, 0.05) is 12.1 Å². The maximum absolute atomic E-state index is 6.23. The molecule has 2 N–H and O–H groups in total. The average molecular weight is 196 g/mol. The van der Waals surface area contributed by atoms with Crippen molar-refractivity contribution >= 4 is 0 Å². The molecule has 3 unspecified atom stereocenters. The second kappa shape index (κ2) is 4.63. The van der Waals surface area contributed by atoms with Crippen molar-refractivity contribution in [1.29, 1.82) is 0 Å². The summed E-state index contributed by atoms with van der Waals surface area (Å²) in [7, 11) is 0. The first-order valence-corrected chi connectivity index (χ1v) is 6.31. The quantitative estimate of drug-likeness (QED) is 0.732. The molecule has 1 saturated heterocycles. The van der Waals surface area contributed by atoms with E-state index in [1.165, 1.54) is 51.6 Å². The van der Waals surface area contributed by atoms with Gasteiger partial charge in [-0.15, -0.1) is 0 Å². The molecule has 0 spiro atoms. The Balaban J connectivity index is 1.93. The molecule has 1 aliphatic carbocycles. The standard InChI is InChI=1S/C12H24N2/c1-2-10-5-6-11(13)12(9-10)14-7-3-4-8-14/h10-12H,2-9,13H2,1H3. The Morgan fingerprint density at radius 3 is 2.57 bits per heavy atom. The maximum Gasteiger partial charge on any atom is 0.0249 e. The van der Waals surface area contributed by atoms with E-state index >= 15 is 0 Å². The molecule has 2 rings (SSSR count). The molecule has 2 nitrogen and oxygen atoms in total. The van der Waals surface area contributed by atoms with Gasteiger partial charge in [0.2, 0.25) is 0 Å². The van der Waals surface area contributed by atoms with Gasteiger partial charge in [0.15, 0.2) is 0 Å². The van der Waals surface area contributed by atoms with Crippen LogP contribution in [-0.4, -0.2) is 30.1 Å². The number of nitrogens with zero attached hydrogens (tertiary/aromatic N) is 1. The number of rotatable bonds is 2. The van der Waals surface area contributed by atoms with Crippen molar-refractivity contribution < 1.29 is 0 Å². The second-order valence-corrected chi connectivity index (χ2v) is 5.06. The molecule has 0 aromatic heterocycles. The zero-order valence-electron chi connectivity index (χ0n) is 9.41. The molecule has 1 aliphatic heterocycles. The van der Waals surface area contributed by atoms with Crippen molar-refractivity contribution in [2.75, 3.05) is 13.1 Å². The predicted octanol–water partition coefficient (Wildman–Crippen LogP) is 1.99. The molecular weight excluding hydrogens is 172 g/mol. The fourth-order valence-corrected chi connectivity index (χ4v) is 3.12. The lowest BCUT2D eigenvalue weighted by atomic mass is 9.81. The third-order valence-corrected chi connectivity index (χ3v) is 4.16. The Hall–Kier alpha value is -0.0800. The van der Waals surface area contributed by atoms with Crippen molar-refractivity contribution in [3.63, 3.8) is 0 Å². The van der Waals surface area contributed by atoms with Gasteiger partial charge in [-0.2, -0.15) is 0 Å². The maximum atomic E-state index is 6.23. The number of nitrogens with two attached hydrogens (primary N) is 1. The highest BCUT2D eigenvalue weighted by Crippen LogP contribution is 2.30. The molecule has 2 aliphatic rings. The predicted molar refractivity (Wildman–Crippen MR) is 60.2 cm³/mol. The minimum Gasteiger partial charge on any atom is -0.326 e. The summed E-state index contributed by atoms with van der Waals surface area (Å²) in [5.41, 5.74) is 6.23. The number of hydrogen-bond acceptors (Lipinski definition) is 2. The molecule has 1 saturated carbocycles. The fourth-order valence-electron chi connectivity index (χ4n) is 3.12. The number of likely N-dealkylation sites (tertiary alicyclic amines) is 1. The summed E-state index contributed by atoms with van der Waals surface area (Å²) in [5.74, 6) is 0.945. The van der Waals surface area contributed by atoms with Crippen molar-refractivity contribution in [3.05, 3.63) is 0 Å². The SMILES string of the molecule is CCC1CCC(N)C(N2CCCC2)C1. The summed E-state index contributed by atoms with van der Waals surface area (Å²) in [6.07, 6.45) is 8.09. The van der Waals surface area contributed by atoms with Crippen LogP contribution in [0.5, 0.6) is 0 Å². The zero-order chi connectivity index (χ0) is 9.97. The molecule has 0 bridgehead atoms. The molecule has 0 radical (unpaired) electrons. The van der Waals surface area contributed by atoms with E-state index in [1.807, 2.05) is 0 Å². The van der Waals surface area contributed by atoms with E-state index in [1.54, 1.807) is 0 Å². The van der Waals surface area contributed by atoms with E-state index in [2.05, 4.69) is 11.8 Å². The lowest BCUT2D eigenvalue weighted by molar-refractivity contribution is 0.134. The van der Waals surface area contributed by atoms with Crippen LogP contribution in [0.15, 0.2) is 0 Å². The fraction of sp³-hybridized carbons (Fsp3) is 1.00. The molecule has 0 amide bonds. The molecule has 2 fully saturated rings. The normalized spacial score (nSPS) is 40.3. The molecule has 2 heteroatoms. The van der Waals surface area contributed by atoms with E-state index in [-0.39, 0.29) is 0 Å². The van der Waals surface area contributed by atoms with Gasteiger partial charge in [-0.1, -0.05) is 13.3 Å². The monoisotopic (exact) mass is 196 g/mol. The lowest BCUT2D eigenvalue weighted by Gasteiger charge is -2.39. The minimum absolute atomic E-state index is 0.455. The van der Waals surface area contributed by atoms with Gasteiger partial charge in [-0.25, -0.2) is 0 Å². The van der Waals surface area contributed by atoms with E-state index in [0.717, 1.165) is 5.92 Å². The topological polar surface area (TPSA) is 29.3 Å². The van der Waals surface area contributed by atoms with Crippen LogP contribution in [0.1, 0.15) is 45.4 Å². The molecule has 82 valence electrons. The molecule has 0 aromatic carbocycles. The van der Waals surface area contributed by atoms with Crippen LogP contribution in [0.3, 0.4) is 0 Å². The van der Waals surface area contributed by atoms with Crippen molar-refractivity contribution in [1.82, 2.24) is 4.90 Å².